The lowest BCUT2D eigenvalue weighted by Gasteiger charge is -2.22. The normalized spacial score (nSPS) is 20.7. The summed E-state index contributed by atoms with van der Waals surface area (Å²) < 4.78 is 1.25. The number of halogens is 1. The fourth-order valence-corrected chi connectivity index (χ4v) is 3.83. The quantitative estimate of drug-likeness (QED) is 0.843. The van der Waals surface area contributed by atoms with Crippen LogP contribution in [0.25, 0.3) is 0 Å². The van der Waals surface area contributed by atoms with Crippen LogP contribution < -0.4 is 5.32 Å². The summed E-state index contributed by atoms with van der Waals surface area (Å²) in [6.07, 6.45) is 4.10. The van der Waals surface area contributed by atoms with Crippen LogP contribution in [0.3, 0.4) is 0 Å². The largest absolute Gasteiger partial charge is 0.316 e. The van der Waals surface area contributed by atoms with Crippen molar-refractivity contribution in [3.05, 3.63) is 33.8 Å². The summed E-state index contributed by atoms with van der Waals surface area (Å²) in [5, 5.41) is 3.20. The highest BCUT2D eigenvalue weighted by atomic mass is 79.9. The van der Waals surface area contributed by atoms with Crippen molar-refractivity contribution in [1.82, 2.24) is 10.2 Å². The van der Waals surface area contributed by atoms with Gasteiger partial charge < -0.3 is 5.32 Å². The Morgan fingerprint density at radius 3 is 2.76 bits per heavy atom. The third-order valence-corrected chi connectivity index (χ3v) is 5.44. The molecule has 118 valence electrons. The Hall–Kier alpha value is -0.380. The van der Waals surface area contributed by atoms with Gasteiger partial charge in [0, 0.05) is 17.6 Å². The molecular weight excluding hydrogens is 324 g/mol. The van der Waals surface area contributed by atoms with Crippen molar-refractivity contribution in [1.29, 1.82) is 0 Å². The van der Waals surface area contributed by atoms with Crippen LogP contribution in [0.15, 0.2) is 22.7 Å². The minimum Gasteiger partial charge on any atom is -0.316 e. The third kappa shape index (κ3) is 5.08. The van der Waals surface area contributed by atoms with Gasteiger partial charge in [-0.25, -0.2) is 0 Å². The minimum atomic E-state index is 0.831. The predicted octanol–water partition coefficient (Wildman–Crippen LogP) is 4.43. The SMILES string of the molecule is CNCc1ccc(CN2CCCC(C(C)C)CC2)c(Br)c1. The molecule has 0 amide bonds. The van der Waals surface area contributed by atoms with Crippen molar-refractivity contribution < 1.29 is 0 Å². The smallest absolute Gasteiger partial charge is 0.0244 e. The van der Waals surface area contributed by atoms with Crippen molar-refractivity contribution in [3.8, 4) is 0 Å². The van der Waals surface area contributed by atoms with Crippen LogP contribution in [0.4, 0.5) is 0 Å². The maximum absolute atomic E-state index is 3.74. The van der Waals surface area contributed by atoms with Crippen molar-refractivity contribution in [3.63, 3.8) is 0 Å². The molecule has 0 bridgehead atoms. The Morgan fingerprint density at radius 1 is 1.29 bits per heavy atom. The molecule has 21 heavy (non-hydrogen) atoms. The molecule has 2 rings (SSSR count). The maximum Gasteiger partial charge on any atom is 0.0244 e. The molecule has 1 aromatic carbocycles. The van der Waals surface area contributed by atoms with Crippen molar-refractivity contribution in [2.75, 3.05) is 20.1 Å². The van der Waals surface area contributed by atoms with E-state index in [-0.39, 0.29) is 0 Å². The monoisotopic (exact) mass is 352 g/mol. The second kappa shape index (κ2) is 8.30. The Bertz CT molecular complexity index is 445. The van der Waals surface area contributed by atoms with Gasteiger partial charge in [-0.15, -0.1) is 0 Å². The van der Waals surface area contributed by atoms with E-state index in [4.69, 9.17) is 0 Å². The minimum absolute atomic E-state index is 0.831. The molecule has 0 radical (unpaired) electrons. The van der Waals surface area contributed by atoms with E-state index in [1.807, 2.05) is 7.05 Å². The second-order valence-electron chi connectivity index (χ2n) is 6.67. The molecule has 0 aromatic heterocycles. The van der Waals surface area contributed by atoms with Crippen molar-refractivity contribution in [2.24, 2.45) is 11.8 Å². The highest BCUT2D eigenvalue weighted by molar-refractivity contribution is 9.10. The number of hydrogen-bond acceptors (Lipinski definition) is 2. The average Bonchev–Trinajstić information content (AvgIpc) is 2.68. The Morgan fingerprint density at radius 2 is 2.10 bits per heavy atom. The van der Waals surface area contributed by atoms with Gasteiger partial charge in [-0.2, -0.15) is 0 Å². The Labute approximate surface area is 138 Å². The van der Waals surface area contributed by atoms with Gasteiger partial charge in [-0.3, -0.25) is 4.90 Å². The molecule has 1 heterocycles. The van der Waals surface area contributed by atoms with Crippen LogP contribution in [0.2, 0.25) is 0 Å². The van der Waals surface area contributed by atoms with Gasteiger partial charge in [0.15, 0.2) is 0 Å². The van der Waals surface area contributed by atoms with Crippen LogP contribution in [-0.4, -0.2) is 25.0 Å². The molecule has 2 nitrogen and oxygen atoms in total. The van der Waals surface area contributed by atoms with Crippen LogP contribution in [0, 0.1) is 11.8 Å². The van der Waals surface area contributed by atoms with Gasteiger partial charge in [0.1, 0.15) is 0 Å². The molecule has 1 aliphatic rings. The van der Waals surface area contributed by atoms with Gasteiger partial charge in [0.2, 0.25) is 0 Å². The zero-order valence-corrected chi connectivity index (χ0v) is 15.2. The summed E-state index contributed by atoms with van der Waals surface area (Å²) in [5.41, 5.74) is 2.75. The fourth-order valence-electron chi connectivity index (χ4n) is 3.28. The molecule has 1 unspecified atom stereocenters. The van der Waals surface area contributed by atoms with Crippen LogP contribution >= 0.6 is 15.9 Å². The molecule has 1 fully saturated rings. The van der Waals surface area contributed by atoms with Crippen LogP contribution in [0.5, 0.6) is 0 Å². The summed E-state index contributed by atoms with van der Waals surface area (Å²) in [4.78, 5) is 2.63. The van der Waals surface area contributed by atoms with Gasteiger partial charge in [-0.1, -0.05) is 41.9 Å². The van der Waals surface area contributed by atoms with Gasteiger partial charge in [0.05, 0.1) is 0 Å². The number of benzene rings is 1. The number of nitrogens with one attached hydrogen (secondary N) is 1. The number of hydrogen-bond donors (Lipinski definition) is 1. The molecule has 0 spiro atoms. The van der Waals surface area contributed by atoms with E-state index in [1.165, 1.54) is 48.0 Å². The first-order valence-electron chi connectivity index (χ1n) is 8.24. The van der Waals surface area contributed by atoms with E-state index in [9.17, 15) is 0 Å². The Kier molecular flexibility index (Phi) is 6.72. The van der Waals surface area contributed by atoms with E-state index in [1.54, 1.807) is 0 Å². The first-order valence-corrected chi connectivity index (χ1v) is 9.03. The van der Waals surface area contributed by atoms with Crippen molar-refractivity contribution >= 4 is 15.9 Å². The zero-order chi connectivity index (χ0) is 15.2. The highest BCUT2D eigenvalue weighted by Crippen LogP contribution is 2.26. The van der Waals surface area contributed by atoms with Crippen molar-refractivity contribution in [2.45, 2.75) is 46.2 Å². The van der Waals surface area contributed by atoms with Gasteiger partial charge >= 0.3 is 0 Å². The lowest BCUT2D eigenvalue weighted by Crippen LogP contribution is -2.24. The zero-order valence-electron chi connectivity index (χ0n) is 13.7. The molecule has 0 saturated carbocycles. The lowest BCUT2D eigenvalue weighted by atomic mass is 9.89. The number of nitrogens with zero attached hydrogens (tertiary/aromatic N) is 1. The van der Waals surface area contributed by atoms with Crippen LogP contribution in [-0.2, 0) is 13.1 Å². The fraction of sp³-hybridized carbons (Fsp3) is 0.667. The molecule has 0 aliphatic carbocycles. The number of likely N-dealkylation sites (tertiary alicyclic amines) is 1. The van der Waals surface area contributed by atoms with Crippen LogP contribution in [0.1, 0.15) is 44.2 Å². The molecule has 1 N–H and O–H groups in total. The summed E-state index contributed by atoms with van der Waals surface area (Å²) in [6.45, 7) is 9.24. The standard InChI is InChI=1S/C18H29BrN2/c1-14(2)16-5-4-9-21(10-8-16)13-17-7-6-15(12-20-3)11-18(17)19/h6-7,11,14,16,20H,4-5,8-10,12-13H2,1-3H3. The first kappa shape index (κ1) is 17.0. The third-order valence-electron chi connectivity index (χ3n) is 4.70. The van der Waals surface area contributed by atoms with E-state index in [2.05, 4.69) is 58.2 Å². The van der Waals surface area contributed by atoms with E-state index >= 15 is 0 Å². The topological polar surface area (TPSA) is 15.3 Å². The lowest BCUT2D eigenvalue weighted by molar-refractivity contribution is 0.264. The maximum atomic E-state index is 3.74. The van der Waals surface area contributed by atoms with E-state index in [0.29, 0.717) is 0 Å². The summed E-state index contributed by atoms with van der Waals surface area (Å²) in [6, 6.07) is 6.77. The summed E-state index contributed by atoms with van der Waals surface area (Å²) in [5.74, 6) is 1.74. The summed E-state index contributed by atoms with van der Waals surface area (Å²) >= 11 is 3.74. The molecule has 1 aromatic rings. The van der Waals surface area contributed by atoms with E-state index in [0.717, 1.165) is 24.9 Å². The number of rotatable bonds is 5. The highest BCUT2D eigenvalue weighted by Gasteiger charge is 2.19. The first-order chi connectivity index (χ1) is 10.1. The van der Waals surface area contributed by atoms with Gasteiger partial charge in [-0.05, 0) is 68.4 Å². The molecule has 3 heteroatoms. The Balaban J connectivity index is 1.95. The second-order valence-corrected chi connectivity index (χ2v) is 7.52. The summed E-state index contributed by atoms with van der Waals surface area (Å²) in [7, 11) is 1.99. The van der Waals surface area contributed by atoms with E-state index < -0.39 is 0 Å². The predicted molar refractivity (Wildman–Crippen MR) is 94.4 cm³/mol. The molecule has 1 atom stereocenters. The molecule has 1 aliphatic heterocycles. The molecular formula is C18H29BrN2. The van der Waals surface area contributed by atoms with Gasteiger partial charge in [0.25, 0.3) is 0 Å². The molecule has 1 saturated heterocycles. The average molecular weight is 353 g/mol.